The zero-order chi connectivity index (χ0) is 32.9. The number of esters is 1. The molecule has 47 heavy (non-hydrogen) atoms. The Morgan fingerprint density at radius 2 is 1.81 bits per heavy atom. The first kappa shape index (κ1) is 31.7. The Bertz CT molecular complexity index is 1840. The fraction of sp³-hybridized carbons (Fsp3) is 0.176. The highest BCUT2D eigenvalue weighted by atomic mass is 32.2. The summed E-state index contributed by atoms with van der Waals surface area (Å²) in [4.78, 5) is 52.2. The van der Waals surface area contributed by atoms with Crippen LogP contribution in [0.25, 0.3) is 0 Å². The van der Waals surface area contributed by atoms with E-state index in [0.717, 1.165) is 28.2 Å². The van der Waals surface area contributed by atoms with E-state index in [9.17, 15) is 14.4 Å². The molecule has 11 nitrogen and oxygen atoms in total. The number of allylic oxidation sites excluding steroid dienone is 1. The molecule has 2 aliphatic heterocycles. The van der Waals surface area contributed by atoms with Crippen LogP contribution in [0.2, 0.25) is 0 Å². The van der Waals surface area contributed by atoms with Gasteiger partial charge in [-0.05, 0) is 22.8 Å². The summed E-state index contributed by atoms with van der Waals surface area (Å²) in [6.45, 7) is 3.96. The Labute approximate surface area is 279 Å². The molecule has 0 aliphatic carbocycles. The van der Waals surface area contributed by atoms with E-state index in [1.54, 1.807) is 11.5 Å². The van der Waals surface area contributed by atoms with Gasteiger partial charge in [0.05, 0.1) is 0 Å². The van der Waals surface area contributed by atoms with Gasteiger partial charge < -0.3 is 20.6 Å². The lowest BCUT2D eigenvalue weighted by Gasteiger charge is -2.49. The average molecular weight is 668 g/mol. The zero-order valence-electron chi connectivity index (χ0n) is 25.3. The van der Waals surface area contributed by atoms with Crippen molar-refractivity contribution in [3.05, 3.63) is 137 Å². The number of carbonyl (C=O) groups is 3. The van der Waals surface area contributed by atoms with Crippen molar-refractivity contribution in [2.75, 3.05) is 11.5 Å². The Balaban J connectivity index is 1.21. The van der Waals surface area contributed by atoms with Crippen LogP contribution in [0, 0.1) is 0 Å². The molecule has 0 radical (unpaired) electrons. The van der Waals surface area contributed by atoms with Gasteiger partial charge in [0.2, 0.25) is 12.3 Å². The summed E-state index contributed by atoms with van der Waals surface area (Å²) >= 11 is 2.55. The van der Waals surface area contributed by atoms with Crippen LogP contribution in [0.5, 0.6) is 0 Å². The van der Waals surface area contributed by atoms with Gasteiger partial charge in [0, 0.05) is 23.3 Å². The third kappa shape index (κ3) is 6.67. The third-order valence-corrected chi connectivity index (χ3v) is 9.64. The molecular formula is C34H31N6O5S2+. The Kier molecular flexibility index (Phi) is 9.45. The number of hydrogen-bond acceptors (Lipinski definition) is 10. The van der Waals surface area contributed by atoms with Crippen molar-refractivity contribution in [1.29, 1.82) is 0 Å². The van der Waals surface area contributed by atoms with Crippen molar-refractivity contribution in [3.8, 4) is 0 Å². The lowest BCUT2D eigenvalue weighted by molar-refractivity contribution is -0.681. The number of anilines is 1. The molecule has 0 spiro atoms. The number of nitrogens with two attached hydrogens (primary N) is 1. The van der Waals surface area contributed by atoms with E-state index in [-0.39, 0.29) is 28.8 Å². The number of carbonyl (C=O) groups excluding carboxylic acids is 3. The topological polar surface area (TPSA) is 140 Å². The number of β-lactam (4-membered cyclic amide) rings is 1. The summed E-state index contributed by atoms with van der Waals surface area (Å²) in [7, 11) is 1.87. The third-order valence-electron chi connectivity index (χ3n) is 7.66. The highest BCUT2D eigenvalue weighted by Crippen LogP contribution is 2.42. The van der Waals surface area contributed by atoms with Crippen molar-refractivity contribution < 1.29 is 28.5 Å². The number of aromatic nitrogens is 2. The van der Waals surface area contributed by atoms with Crippen LogP contribution in [0.15, 0.2) is 120 Å². The highest BCUT2D eigenvalue weighted by molar-refractivity contribution is 8.00. The summed E-state index contributed by atoms with van der Waals surface area (Å²) in [5.74, 6) is -1.41. The van der Waals surface area contributed by atoms with E-state index in [0.29, 0.717) is 11.3 Å². The van der Waals surface area contributed by atoms with Gasteiger partial charge >= 0.3 is 5.97 Å². The number of nitrogens with one attached hydrogen (secondary N) is 1. The van der Waals surface area contributed by atoms with Crippen molar-refractivity contribution in [3.63, 3.8) is 0 Å². The number of thioether (sulfide) groups is 1. The smallest absolute Gasteiger partial charge is 0.356 e. The number of thiazole rings is 1. The molecule has 238 valence electrons. The lowest BCUT2D eigenvalue weighted by Crippen LogP contribution is -2.71. The van der Waals surface area contributed by atoms with Gasteiger partial charge in [-0.3, -0.25) is 14.5 Å². The van der Waals surface area contributed by atoms with Gasteiger partial charge in [-0.15, -0.1) is 23.1 Å². The number of aryl methyl sites for hydroxylation is 1. The van der Waals surface area contributed by atoms with Crippen molar-refractivity contribution in [1.82, 2.24) is 15.2 Å². The molecule has 1 unspecified atom stereocenters. The molecule has 6 rings (SSSR count). The second-order valence-electron chi connectivity index (χ2n) is 10.6. The fourth-order valence-electron chi connectivity index (χ4n) is 5.22. The largest absolute Gasteiger partial charge is 0.448 e. The van der Waals surface area contributed by atoms with Crippen LogP contribution in [0.1, 0.15) is 28.6 Å². The van der Waals surface area contributed by atoms with Crippen molar-refractivity contribution in [2.24, 2.45) is 12.2 Å². The average Bonchev–Trinajstić information content (AvgIpc) is 3.53. The number of oxime groups is 1. The van der Waals surface area contributed by atoms with Crippen LogP contribution in [-0.2, 0) is 37.6 Å². The maximum Gasteiger partial charge on any atom is 0.356 e. The van der Waals surface area contributed by atoms with Gasteiger partial charge in [-0.2, -0.15) is 0 Å². The molecule has 3 N–H and O–H groups in total. The van der Waals surface area contributed by atoms with Crippen LogP contribution < -0.4 is 15.6 Å². The molecule has 4 aromatic rings. The van der Waals surface area contributed by atoms with E-state index in [2.05, 4.69) is 22.0 Å². The number of amides is 2. The molecule has 2 aromatic carbocycles. The van der Waals surface area contributed by atoms with Crippen molar-refractivity contribution in [2.45, 2.75) is 24.1 Å². The number of fused-ring (bicyclic) bond motifs is 1. The van der Waals surface area contributed by atoms with Crippen LogP contribution >= 0.6 is 23.1 Å². The van der Waals surface area contributed by atoms with Crippen LogP contribution in [0.4, 0.5) is 5.13 Å². The van der Waals surface area contributed by atoms with Gasteiger partial charge in [0.25, 0.3) is 11.8 Å². The number of nitrogens with zero attached hydrogens (tertiary/aromatic N) is 4. The van der Waals surface area contributed by atoms with Gasteiger partial charge in [-0.1, -0.05) is 78.5 Å². The van der Waals surface area contributed by atoms with E-state index in [4.69, 9.17) is 15.3 Å². The highest BCUT2D eigenvalue weighted by Gasteiger charge is 2.54. The Morgan fingerprint density at radius 3 is 2.43 bits per heavy atom. The molecule has 0 bridgehead atoms. The van der Waals surface area contributed by atoms with E-state index < -0.39 is 35.3 Å². The predicted molar refractivity (Wildman–Crippen MR) is 179 cm³/mol. The molecule has 1 fully saturated rings. The lowest BCUT2D eigenvalue weighted by atomic mass is 10.0. The summed E-state index contributed by atoms with van der Waals surface area (Å²) < 4.78 is 7.98. The van der Waals surface area contributed by atoms with Gasteiger partial charge in [0.1, 0.15) is 29.9 Å². The summed E-state index contributed by atoms with van der Waals surface area (Å²) in [5, 5.41) is 8.15. The minimum Gasteiger partial charge on any atom is -0.448 e. The number of benzene rings is 2. The number of ether oxygens (including phenoxy) is 1. The molecular weight excluding hydrogens is 637 g/mol. The second-order valence-corrected chi connectivity index (χ2v) is 12.6. The standard InChI is InChI=1S/C34H30N6O5S2/c1-3-21-19-46-32-27(37-30(41)26(25-20-47-34(35)36-25)38-44-18-24-16-10-11-17-39(24)2)31(42)40(32)28(21)33(43)45-29(22-12-6-4-7-13-22)23-14-8-5-9-15-23/h3-17,20,27,29,32H,1,18-19H2,2H3,(H2-,35,36,37,41)/p+1/t27?,32-/m1/s1. The SMILES string of the molecule is C=CC1=C(C(=O)OC(c2ccccc2)c2ccccc2)N2C(=O)C(NC(=O)C(=NOCc3cccc[n+]3C)c3csc(N)n3)[C@H]2SC1. The summed E-state index contributed by atoms with van der Waals surface area (Å²) in [5.41, 5.74) is 8.99. The minimum absolute atomic E-state index is 0.0932. The van der Waals surface area contributed by atoms with Gasteiger partial charge in [0.15, 0.2) is 23.1 Å². The zero-order valence-corrected chi connectivity index (χ0v) is 26.9. The summed E-state index contributed by atoms with van der Waals surface area (Å²) in [6.07, 6.45) is 2.72. The van der Waals surface area contributed by atoms with Crippen molar-refractivity contribution >= 4 is 51.7 Å². The Morgan fingerprint density at radius 1 is 1.13 bits per heavy atom. The van der Waals surface area contributed by atoms with Crippen LogP contribution in [0.3, 0.4) is 0 Å². The molecule has 2 aliphatic rings. The number of pyridine rings is 1. The fourth-order valence-corrected chi connectivity index (χ4v) is 7.11. The van der Waals surface area contributed by atoms with E-state index in [1.165, 1.54) is 16.7 Å². The molecule has 1 saturated heterocycles. The predicted octanol–water partition coefficient (Wildman–Crippen LogP) is 3.64. The van der Waals surface area contributed by atoms with Gasteiger partial charge in [-0.25, -0.2) is 14.3 Å². The van der Waals surface area contributed by atoms with E-state index >= 15 is 0 Å². The number of nitrogen functional groups attached to an aromatic ring is 1. The molecule has 4 heterocycles. The maximum atomic E-state index is 13.9. The number of hydrogen-bond donors (Lipinski definition) is 2. The molecule has 2 atom stereocenters. The first-order valence-corrected chi connectivity index (χ1v) is 16.6. The minimum atomic E-state index is -0.936. The second kappa shape index (κ2) is 14.0. The molecule has 2 amide bonds. The van der Waals surface area contributed by atoms with E-state index in [1.807, 2.05) is 96.7 Å². The maximum absolute atomic E-state index is 13.9. The quantitative estimate of drug-likeness (QED) is 0.0813. The molecule has 13 heteroatoms. The first-order valence-electron chi connectivity index (χ1n) is 14.6. The normalized spacial score (nSPS) is 17.5. The molecule has 0 saturated carbocycles. The Hall–Kier alpha value is -5.27. The number of rotatable bonds is 11. The molecule has 2 aromatic heterocycles. The summed E-state index contributed by atoms with van der Waals surface area (Å²) in [6, 6.07) is 23.5. The monoisotopic (exact) mass is 667 g/mol. The first-order chi connectivity index (χ1) is 22.9. The van der Waals surface area contributed by atoms with Crippen LogP contribution in [-0.4, -0.2) is 50.5 Å².